The van der Waals surface area contributed by atoms with Crippen LogP contribution in [0.4, 0.5) is 11.4 Å². The molecule has 1 aliphatic rings. The number of anilines is 2. The lowest BCUT2D eigenvalue weighted by Crippen LogP contribution is -2.29. The zero-order chi connectivity index (χ0) is 24.6. The Kier molecular flexibility index (Phi) is 6.11. The Bertz CT molecular complexity index is 1280. The third-order valence-electron chi connectivity index (χ3n) is 5.99. The fourth-order valence-corrected chi connectivity index (χ4v) is 4.42. The Morgan fingerprint density at radius 1 is 1.03 bits per heavy atom. The summed E-state index contributed by atoms with van der Waals surface area (Å²) in [5.41, 5.74) is 4.28. The van der Waals surface area contributed by atoms with Gasteiger partial charge in [0.2, 0.25) is 0 Å². The van der Waals surface area contributed by atoms with Crippen LogP contribution in [0.3, 0.4) is 0 Å². The summed E-state index contributed by atoms with van der Waals surface area (Å²) in [6, 6.07) is 13.7. The molecule has 3 aromatic rings. The van der Waals surface area contributed by atoms with Gasteiger partial charge in [0.1, 0.15) is 11.5 Å². The molecule has 1 aliphatic heterocycles. The Morgan fingerprint density at radius 3 is 2.26 bits per heavy atom. The molecular formula is C27H27N3O4. The van der Waals surface area contributed by atoms with Crippen LogP contribution < -0.4 is 14.5 Å². The molecule has 2 aromatic carbocycles. The number of benzene rings is 2. The molecule has 1 saturated heterocycles. The van der Waals surface area contributed by atoms with Gasteiger partial charge in [-0.25, -0.2) is 0 Å². The van der Waals surface area contributed by atoms with Gasteiger partial charge in [-0.2, -0.15) is 0 Å². The van der Waals surface area contributed by atoms with Crippen molar-refractivity contribution in [1.29, 1.82) is 0 Å². The van der Waals surface area contributed by atoms with Crippen LogP contribution in [0.2, 0.25) is 0 Å². The van der Waals surface area contributed by atoms with Crippen LogP contribution in [0, 0.1) is 13.8 Å². The maximum Gasteiger partial charge on any atom is 0.300 e. The number of Topliss-reactive ketones (excluding diaryl/α,β-unsaturated/α-hetero) is 1. The largest absolute Gasteiger partial charge is 0.507 e. The minimum Gasteiger partial charge on any atom is -0.507 e. The van der Waals surface area contributed by atoms with Gasteiger partial charge in [0.15, 0.2) is 0 Å². The van der Waals surface area contributed by atoms with E-state index in [1.54, 1.807) is 42.7 Å². The number of amides is 1. The zero-order valence-corrected chi connectivity index (χ0v) is 19.9. The number of pyridine rings is 1. The van der Waals surface area contributed by atoms with Gasteiger partial charge >= 0.3 is 0 Å². The number of ketones is 1. The smallest absolute Gasteiger partial charge is 0.300 e. The maximum absolute atomic E-state index is 13.4. The number of nitrogens with zero attached hydrogens (tertiary/aromatic N) is 3. The summed E-state index contributed by atoms with van der Waals surface area (Å²) in [5, 5.41) is 11.5. The van der Waals surface area contributed by atoms with E-state index in [0.717, 1.165) is 16.8 Å². The van der Waals surface area contributed by atoms with Gasteiger partial charge in [-0.15, -0.1) is 0 Å². The monoisotopic (exact) mass is 457 g/mol. The molecule has 0 radical (unpaired) electrons. The Balaban J connectivity index is 1.96. The topological polar surface area (TPSA) is 83.0 Å². The quantitative estimate of drug-likeness (QED) is 0.347. The molecular weight excluding hydrogens is 430 g/mol. The van der Waals surface area contributed by atoms with Gasteiger partial charge in [-0.3, -0.25) is 19.5 Å². The molecule has 1 aromatic heterocycles. The molecule has 0 saturated carbocycles. The van der Waals surface area contributed by atoms with Crippen molar-refractivity contribution in [2.24, 2.45) is 0 Å². The first-order chi connectivity index (χ1) is 16.2. The van der Waals surface area contributed by atoms with Crippen molar-refractivity contribution >= 4 is 28.8 Å². The summed E-state index contributed by atoms with van der Waals surface area (Å²) < 4.78 is 5.54. The highest BCUT2D eigenvalue weighted by Crippen LogP contribution is 2.44. The van der Waals surface area contributed by atoms with Crippen molar-refractivity contribution in [3.63, 3.8) is 0 Å². The van der Waals surface area contributed by atoms with Gasteiger partial charge in [0, 0.05) is 37.9 Å². The predicted octanol–water partition coefficient (Wildman–Crippen LogP) is 4.40. The summed E-state index contributed by atoms with van der Waals surface area (Å²) >= 11 is 0. The van der Waals surface area contributed by atoms with Gasteiger partial charge < -0.3 is 14.7 Å². The SMILES string of the molecule is COc1c(C)cc(C)cc1/C(O)=C1\C(=O)C(=O)N(c2ccc(N(C)C)cc2)C1c1ccncc1. The standard InChI is InChI=1S/C27H27N3O4/c1-16-14-17(2)26(34-5)21(15-16)24(31)22-23(18-10-12-28-13-11-18)30(27(33)25(22)32)20-8-6-19(7-9-20)29(3)4/h6-15,23,31H,1-5H3/b24-22+. The number of hydrogen-bond acceptors (Lipinski definition) is 6. The summed E-state index contributed by atoms with van der Waals surface area (Å²) in [4.78, 5) is 34.1. The normalized spacial score (nSPS) is 17.2. The van der Waals surface area contributed by atoms with Gasteiger partial charge in [0.05, 0.1) is 24.3 Å². The van der Waals surface area contributed by atoms with Crippen molar-refractivity contribution in [2.45, 2.75) is 19.9 Å². The Labute approximate surface area is 198 Å². The first-order valence-electron chi connectivity index (χ1n) is 10.9. The van der Waals surface area contributed by atoms with Crippen LogP contribution in [-0.2, 0) is 9.59 Å². The molecule has 7 heteroatoms. The molecule has 174 valence electrons. The highest BCUT2D eigenvalue weighted by Gasteiger charge is 2.47. The predicted molar refractivity (Wildman–Crippen MR) is 132 cm³/mol. The van der Waals surface area contributed by atoms with Crippen molar-refractivity contribution < 1.29 is 19.4 Å². The van der Waals surface area contributed by atoms with Crippen molar-refractivity contribution in [2.75, 3.05) is 31.0 Å². The minimum absolute atomic E-state index is 0.0104. The van der Waals surface area contributed by atoms with Crippen molar-refractivity contribution in [3.8, 4) is 5.75 Å². The highest BCUT2D eigenvalue weighted by atomic mass is 16.5. The van der Waals surface area contributed by atoms with E-state index in [9.17, 15) is 14.7 Å². The second kappa shape index (κ2) is 9.02. The lowest BCUT2D eigenvalue weighted by Gasteiger charge is -2.26. The van der Waals surface area contributed by atoms with Crippen molar-refractivity contribution in [1.82, 2.24) is 4.98 Å². The van der Waals surface area contributed by atoms with E-state index in [4.69, 9.17) is 4.74 Å². The molecule has 2 heterocycles. The van der Waals surface area contributed by atoms with Crippen LogP contribution in [0.25, 0.3) is 5.76 Å². The number of aromatic nitrogens is 1. The van der Waals surface area contributed by atoms with Crippen molar-refractivity contribution in [3.05, 3.63) is 88.8 Å². The maximum atomic E-state index is 13.4. The number of aliphatic hydroxyl groups is 1. The van der Waals surface area contributed by atoms with E-state index in [1.807, 2.05) is 51.0 Å². The van der Waals surface area contributed by atoms with Crippen LogP contribution in [0.15, 0.2) is 66.5 Å². The summed E-state index contributed by atoms with van der Waals surface area (Å²) in [7, 11) is 5.37. The number of aryl methyl sites for hydroxylation is 2. The molecule has 34 heavy (non-hydrogen) atoms. The average molecular weight is 458 g/mol. The number of rotatable bonds is 5. The van der Waals surface area contributed by atoms with E-state index < -0.39 is 17.7 Å². The van der Waals surface area contributed by atoms with Crippen LogP contribution >= 0.6 is 0 Å². The molecule has 4 rings (SSSR count). The number of hydrogen-bond donors (Lipinski definition) is 1. The number of methoxy groups -OCH3 is 1. The zero-order valence-electron chi connectivity index (χ0n) is 19.9. The first-order valence-corrected chi connectivity index (χ1v) is 10.9. The summed E-state index contributed by atoms with van der Waals surface area (Å²) in [6.07, 6.45) is 3.20. The van der Waals surface area contributed by atoms with E-state index in [1.165, 1.54) is 12.0 Å². The molecule has 1 amide bonds. The highest BCUT2D eigenvalue weighted by molar-refractivity contribution is 6.51. The minimum atomic E-state index is -0.821. The number of carbonyl (C=O) groups is 2. The molecule has 1 unspecified atom stereocenters. The van der Waals surface area contributed by atoms with E-state index in [0.29, 0.717) is 22.6 Å². The van der Waals surface area contributed by atoms with E-state index >= 15 is 0 Å². The summed E-state index contributed by atoms with van der Waals surface area (Å²) in [5.74, 6) is -1.27. The van der Waals surface area contributed by atoms with Crippen LogP contribution in [-0.4, -0.2) is 43.0 Å². The molecule has 7 nitrogen and oxygen atoms in total. The third kappa shape index (κ3) is 3.90. The molecule has 1 atom stereocenters. The number of ether oxygens (including phenoxy) is 1. The molecule has 1 fully saturated rings. The van der Waals surface area contributed by atoms with E-state index in [-0.39, 0.29) is 11.3 Å². The fourth-order valence-electron chi connectivity index (χ4n) is 4.42. The molecule has 0 bridgehead atoms. The third-order valence-corrected chi connectivity index (χ3v) is 5.99. The molecule has 0 aliphatic carbocycles. The second-order valence-corrected chi connectivity index (χ2v) is 8.52. The Hall–Kier alpha value is -4.13. The molecule has 0 spiro atoms. The average Bonchev–Trinajstić information content (AvgIpc) is 3.09. The molecule has 1 N–H and O–H groups in total. The number of aliphatic hydroxyl groups excluding tert-OH is 1. The van der Waals surface area contributed by atoms with E-state index in [2.05, 4.69) is 4.98 Å². The second-order valence-electron chi connectivity index (χ2n) is 8.52. The lowest BCUT2D eigenvalue weighted by atomic mass is 9.94. The summed E-state index contributed by atoms with van der Waals surface area (Å²) in [6.45, 7) is 3.77. The van der Waals surface area contributed by atoms with Crippen LogP contribution in [0.5, 0.6) is 5.75 Å². The van der Waals surface area contributed by atoms with Gasteiger partial charge in [-0.1, -0.05) is 6.07 Å². The Morgan fingerprint density at radius 2 is 1.68 bits per heavy atom. The number of carbonyl (C=O) groups excluding carboxylic acids is 2. The van der Waals surface area contributed by atoms with Crippen LogP contribution in [0.1, 0.15) is 28.3 Å². The first kappa shape index (κ1) is 23.0. The van der Waals surface area contributed by atoms with Gasteiger partial charge in [0.25, 0.3) is 11.7 Å². The van der Waals surface area contributed by atoms with Gasteiger partial charge in [-0.05, 0) is 73.0 Å². The lowest BCUT2D eigenvalue weighted by molar-refractivity contribution is -0.132. The fraction of sp³-hybridized carbons (Fsp3) is 0.222.